The number of hydrogen-bond acceptors (Lipinski definition) is 4. The summed E-state index contributed by atoms with van der Waals surface area (Å²) in [4.78, 5) is 39.3. The fraction of sp³-hybridized carbons (Fsp3) is 0.526. The number of nitrogens with zero attached hydrogens (tertiary/aromatic N) is 2. The molecule has 0 radical (unpaired) electrons. The fourth-order valence-corrected chi connectivity index (χ4v) is 3.50. The first kappa shape index (κ1) is 18.4. The summed E-state index contributed by atoms with van der Waals surface area (Å²) in [6, 6.07) is 8.01. The number of rotatable bonds is 5. The number of carboxylic acid groups (broad SMARTS) is 1. The Morgan fingerprint density at radius 3 is 2.65 bits per heavy atom. The third-order valence-electron chi connectivity index (χ3n) is 4.91. The molecular formula is C19H24N2O5. The van der Waals surface area contributed by atoms with Gasteiger partial charge in [-0.1, -0.05) is 29.8 Å². The molecule has 7 nitrogen and oxygen atoms in total. The van der Waals surface area contributed by atoms with E-state index < -0.39 is 12.1 Å². The van der Waals surface area contributed by atoms with E-state index in [9.17, 15) is 14.4 Å². The van der Waals surface area contributed by atoms with Crippen LogP contribution in [0.4, 0.5) is 0 Å². The average molecular weight is 360 g/mol. The smallest absolute Gasteiger partial charge is 0.306 e. The van der Waals surface area contributed by atoms with E-state index in [1.54, 1.807) is 9.80 Å². The van der Waals surface area contributed by atoms with Gasteiger partial charge in [0.2, 0.25) is 11.8 Å². The molecule has 1 aromatic carbocycles. The van der Waals surface area contributed by atoms with Crippen molar-refractivity contribution in [3.05, 3.63) is 35.4 Å². The molecule has 2 amide bonds. The molecule has 2 atom stereocenters. The molecule has 2 heterocycles. The van der Waals surface area contributed by atoms with E-state index >= 15 is 0 Å². The Bertz CT molecular complexity index is 688. The maximum absolute atomic E-state index is 12.8. The molecule has 0 saturated carbocycles. The van der Waals surface area contributed by atoms with Crippen LogP contribution in [0.3, 0.4) is 0 Å². The molecule has 0 aromatic heterocycles. The van der Waals surface area contributed by atoms with Crippen molar-refractivity contribution in [3.63, 3.8) is 0 Å². The second-order valence-corrected chi connectivity index (χ2v) is 7.04. The minimum Gasteiger partial charge on any atom is -0.481 e. The van der Waals surface area contributed by atoms with E-state index in [-0.39, 0.29) is 37.1 Å². The number of morpholine rings is 1. The van der Waals surface area contributed by atoms with Gasteiger partial charge in [0.05, 0.1) is 25.0 Å². The van der Waals surface area contributed by atoms with Gasteiger partial charge in [0.1, 0.15) is 0 Å². The van der Waals surface area contributed by atoms with Gasteiger partial charge < -0.3 is 19.6 Å². The first-order chi connectivity index (χ1) is 12.4. The Hall–Kier alpha value is -2.41. The molecule has 0 bridgehead atoms. The summed E-state index contributed by atoms with van der Waals surface area (Å²) in [7, 11) is 0. The van der Waals surface area contributed by atoms with E-state index in [1.165, 1.54) is 0 Å². The number of hydrogen-bond donors (Lipinski definition) is 1. The van der Waals surface area contributed by atoms with Crippen LogP contribution < -0.4 is 0 Å². The van der Waals surface area contributed by atoms with E-state index in [1.807, 2.05) is 31.2 Å². The lowest BCUT2D eigenvalue weighted by molar-refractivity contribution is -0.149. The zero-order chi connectivity index (χ0) is 18.7. The quantitative estimate of drug-likeness (QED) is 0.848. The van der Waals surface area contributed by atoms with Gasteiger partial charge in [-0.15, -0.1) is 0 Å². The Morgan fingerprint density at radius 1 is 1.23 bits per heavy atom. The summed E-state index contributed by atoms with van der Waals surface area (Å²) < 4.78 is 5.41. The molecule has 0 spiro atoms. The van der Waals surface area contributed by atoms with Gasteiger partial charge in [0.25, 0.3) is 0 Å². The van der Waals surface area contributed by atoms with E-state index in [4.69, 9.17) is 9.84 Å². The second-order valence-electron chi connectivity index (χ2n) is 7.04. The highest BCUT2D eigenvalue weighted by Gasteiger charge is 2.38. The molecule has 1 N–H and O–H groups in total. The van der Waals surface area contributed by atoms with Crippen LogP contribution in [0.2, 0.25) is 0 Å². The van der Waals surface area contributed by atoms with Crippen molar-refractivity contribution >= 4 is 17.8 Å². The number of likely N-dealkylation sites (tertiary alicyclic amines) is 1. The standard InChI is InChI=1S/C19H24N2O5/c1-13-2-4-14(5-3-13)10-21-11-15(8-17(21)22)19(25)20-6-7-26-16(12-20)9-18(23)24/h2-5,15-16H,6-12H2,1H3,(H,23,24)/t15-,16-/m0/s1. The number of benzene rings is 1. The minimum absolute atomic E-state index is 0.0146. The SMILES string of the molecule is Cc1ccc(CN2C[C@@H](C(=O)N3CCO[C@@H](CC(=O)O)C3)CC2=O)cc1. The molecular weight excluding hydrogens is 336 g/mol. The molecule has 0 aliphatic carbocycles. The van der Waals surface area contributed by atoms with Gasteiger partial charge >= 0.3 is 5.97 Å². The van der Waals surface area contributed by atoms with Gasteiger partial charge in [-0.05, 0) is 12.5 Å². The summed E-state index contributed by atoms with van der Waals surface area (Å²) in [5.41, 5.74) is 2.21. The Labute approximate surface area is 152 Å². The lowest BCUT2D eigenvalue weighted by Crippen LogP contribution is -2.48. The molecule has 2 aliphatic heterocycles. The maximum atomic E-state index is 12.8. The molecule has 140 valence electrons. The fourth-order valence-electron chi connectivity index (χ4n) is 3.50. The highest BCUT2D eigenvalue weighted by atomic mass is 16.5. The van der Waals surface area contributed by atoms with Crippen LogP contribution in [-0.2, 0) is 25.7 Å². The van der Waals surface area contributed by atoms with Crippen molar-refractivity contribution in [1.82, 2.24) is 9.80 Å². The minimum atomic E-state index is -0.940. The molecule has 26 heavy (non-hydrogen) atoms. The monoisotopic (exact) mass is 360 g/mol. The zero-order valence-electron chi connectivity index (χ0n) is 14.9. The molecule has 2 fully saturated rings. The zero-order valence-corrected chi connectivity index (χ0v) is 14.9. The van der Waals surface area contributed by atoms with Gasteiger partial charge in [0, 0.05) is 32.6 Å². The first-order valence-corrected chi connectivity index (χ1v) is 8.88. The van der Waals surface area contributed by atoms with Crippen molar-refractivity contribution in [2.45, 2.75) is 32.4 Å². The maximum Gasteiger partial charge on any atom is 0.306 e. The van der Waals surface area contributed by atoms with Crippen molar-refractivity contribution in [2.24, 2.45) is 5.92 Å². The number of carbonyl (C=O) groups excluding carboxylic acids is 2. The summed E-state index contributed by atoms with van der Waals surface area (Å²) >= 11 is 0. The molecule has 0 unspecified atom stereocenters. The number of aryl methyl sites for hydroxylation is 1. The summed E-state index contributed by atoms with van der Waals surface area (Å²) in [6.07, 6.45) is -0.385. The van der Waals surface area contributed by atoms with Crippen LogP contribution in [0, 0.1) is 12.8 Å². The summed E-state index contributed by atoms with van der Waals surface area (Å²) in [6.45, 7) is 3.97. The van der Waals surface area contributed by atoms with Crippen LogP contribution >= 0.6 is 0 Å². The topological polar surface area (TPSA) is 87.2 Å². The predicted molar refractivity (Wildman–Crippen MR) is 93.3 cm³/mol. The van der Waals surface area contributed by atoms with Gasteiger partial charge in [-0.2, -0.15) is 0 Å². The van der Waals surface area contributed by atoms with E-state index in [0.29, 0.717) is 26.2 Å². The number of amides is 2. The molecule has 3 rings (SSSR count). The number of carbonyl (C=O) groups is 3. The highest BCUT2D eigenvalue weighted by Crippen LogP contribution is 2.23. The van der Waals surface area contributed by atoms with Gasteiger partial charge in [-0.25, -0.2) is 0 Å². The number of aliphatic carboxylic acids is 1. The molecule has 7 heteroatoms. The van der Waals surface area contributed by atoms with Crippen LogP contribution in [0.1, 0.15) is 24.0 Å². The first-order valence-electron chi connectivity index (χ1n) is 8.88. The van der Waals surface area contributed by atoms with Crippen LogP contribution in [0.15, 0.2) is 24.3 Å². The second kappa shape index (κ2) is 7.86. The van der Waals surface area contributed by atoms with Crippen molar-refractivity contribution in [3.8, 4) is 0 Å². The normalized spacial score (nSPS) is 23.3. The third kappa shape index (κ3) is 4.40. The van der Waals surface area contributed by atoms with Crippen molar-refractivity contribution < 1.29 is 24.2 Å². The van der Waals surface area contributed by atoms with Crippen LogP contribution in [0.25, 0.3) is 0 Å². The molecule has 2 aliphatic rings. The predicted octanol–water partition coefficient (Wildman–Crippen LogP) is 1.05. The lowest BCUT2D eigenvalue weighted by Gasteiger charge is -2.33. The van der Waals surface area contributed by atoms with Crippen molar-refractivity contribution in [2.75, 3.05) is 26.2 Å². The third-order valence-corrected chi connectivity index (χ3v) is 4.91. The van der Waals surface area contributed by atoms with Gasteiger partial charge in [-0.3, -0.25) is 14.4 Å². The highest BCUT2D eigenvalue weighted by molar-refractivity contribution is 5.89. The number of carboxylic acids is 1. The largest absolute Gasteiger partial charge is 0.481 e. The van der Waals surface area contributed by atoms with Gasteiger partial charge in [0.15, 0.2) is 0 Å². The Balaban J connectivity index is 1.58. The van der Waals surface area contributed by atoms with Crippen LogP contribution in [0.5, 0.6) is 0 Å². The number of ether oxygens (including phenoxy) is 1. The van der Waals surface area contributed by atoms with E-state index in [0.717, 1.165) is 11.1 Å². The van der Waals surface area contributed by atoms with Crippen LogP contribution in [-0.4, -0.2) is 65.0 Å². The van der Waals surface area contributed by atoms with E-state index in [2.05, 4.69) is 0 Å². The van der Waals surface area contributed by atoms with Crippen molar-refractivity contribution in [1.29, 1.82) is 0 Å². The molecule has 1 aromatic rings. The lowest BCUT2D eigenvalue weighted by atomic mass is 10.1. The summed E-state index contributed by atoms with van der Waals surface area (Å²) in [5.74, 6) is -1.40. The Kier molecular flexibility index (Phi) is 5.56. The summed E-state index contributed by atoms with van der Waals surface area (Å²) in [5, 5.41) is 8.89. The average Bonchev–Trinajstić information content (AvgIpc) is 2.96. The molecule has 2 saturated heterocycles. The Morgan fingerprint density at radius 2 is 1.96 bits per heavy atom.